The van der Waals surface area contributed by atoms with Gasteiger partial charge in [-0.1, -0.05) is 11.8 Å². The number of aryl methyl sites for hydroxylation is 2. The minimum absolute atomic E-state index is 0.0386. The van der Waals surface area contributed by atoms with Crippen LogP contribution >= 0.6 is 23.1 Å². The van der Waals surface area contributed by atoms with Crippen LogP contribution < -0.4 is 5.56 Å². The van der Waals surface area contributed by atoms with Gasteiger partial charge in [0, 0.05) is 17.5 Å². The summed E-state index contributed by atoms with van der Waals surface area (Å²) in [6.45, 7) is 1.78. The number of aromatic nitrogens is 2. The van der Waals surface area contributed by atoms with E-state index in [-0.39, 0.29) is 17.2 Å². The summed E-state index contributed by atoms with van der Waals surface area (Å²) in [5.41, 5.74) is 1.58. The molecular weight excluding hydrogens is 383 g/mol. The first-order chi connectivity index (χ1) is 13.0. The summed E-state index contributed by atoms with van der Waals surface area (Å²) in [5, 5.41) is 0.855. The van der Waals surface area contributed by atoms with Gasteiger partial charge in [-0.3, -0.25) is 14.2 Å². The molecular formula is C20H19FN2O2S2. The fourth-order valence-corrected chi connectivity index (χ4v) is 5.69. The van der Waals surface area contributed by atoms with Gasteiger partial charge in [0.25, 0.3) is 5.56 Å². The molecule has 0 radical (unpaired) electrons. The Labute approximate surface area is 164 Å². The van der Waals surface area contributed by atoms with Crippen LogP contribution in [0.2, 0.25) is 0 Å². The highest BCUT2D eigenvalue weighted by Gasteiger charge is 2.23. The SMILES string of the molecule is CC(Sc1nc2sc3c(c2c(=O)n1C)CCCC3)C(=O)c1ccc(F)cc1. The molecule has 4 rings (SSSR count). The number of fused-ring (bicyclic) bond motifs is 3. The first-order valence-electron chi connectivity index (χ1n) is 8.93. The fourth-order valence-electron chi connectivity index (χ4n) is 3.43. The van der Waals surface area contributed by atoms with Crippen LogP contribution in [0.4, 0.5) is 4.39 Å². The molecule has 1 aliphatic carbocycles. The molecule has 3 aromatic rings. The van der Waals surface area contributed by atoms with Crippen LogP contribution in [0.25, 0.3) is 10.2 Å². The van der Waals surface area contributed by atoms with Gasteiger partial charge in [-0.2, -0.15) is 0 Å². The molecule has 27 heavy (non-hydrogen) atoms. The van der Waals surface area contributed by atoms with Gasteiger partial charge in [0.15, 0.2) is 10.9 Å². The van der Waals surface area contributed by atoms with E-state index in [2.05, 4.69) is 0 Å². The third-order valence-electron chi connectivity index (χ3n) is 4.94. The number of rotatable bonds is 4. The molecule has 1 unspecified atom stereocenters. The Morgan fingerprint density at radius 2 is 1.96 bits per heavy atom. The monoisotopic (exact) mass is 402 g/mol. The lowest BCUT2D eigenvalue weighted by atomic mass is 9.97. The van der Waals surface area contributed by atoms with Crippen molar-refractivity contribution < 1.29 is 9.18 Å². The zero-order valence-electron chi connectivity index (χ0n) is 15.1. The van der Waals surface area contributed by atoms with E-state index in [0.717, 1.165) is 35.9 Å². The smallest absolute Gasteiger partial charge is 0.262 e. The van der Waals surface area contributed by atoms with Crippen molar-refractivity contribution in [2.45, 2.75) is 43.0 Å². The normalized spacial score (nSPS) is 14.9. The summed E-state index contributed by atoms with van der Waals surface area (Å²) in [4.78, 5) is 32.3. The van der Waals surface area contributed by atoms with Crippen LogP contribution in [0.1, 0.15) is 40.6 Å². The van der Waals surface area contributed by atoms with Crippen molar-refractivity contribution in [2.24, 2.45) is 7.05 Å². The standard InChI is InChI=1S/C20H19FN2O2S2/c1-11(17(24)12-7-9-13(21)10-8-12)26-20-22-18-16(19(25)23(20)2)14-5-3-4-6-15(14)27-18/h7-11H,3-6H2,1-2H3. The van der Waals surface area contributed by atoms with E-state index >= 15 is 0 Å². The number of benzene rings is 1. The highest BCUT2D eigenvalue weighted by Crippen LogP contribution is 2.35. The van der Waals surface area contributed by atoms with E-state index in [1.807, 2.05) is 0 Å². The summed E-state index contributed by atoms with van der Waals surface area (Å²) in [5.74, 6) is -0.483. The number of thiophene rings is 1. The lowest BCUT2D eigenvalue weighted by Crippen LogP contribution is -2.22. The fraction of sp³-hybridized carbons (Fsp3) is 0.350. The van der Waals surface area contributed by atoms with E-state index in [0.29, 0.717) is 10.7 Å². The lowest BCUT2D eigenvalue weighted by Gasteiger charge is -2.13. The van der Waals surface area contributed by atoms with Gasteiger partial charge in [0.2, 0.25) is 0 Å². The van der Waals surface area contributed by atoms with E-state index in [1.165, 1.54) is 46.5 Å². The molecule has 0 bridgehead atoms. The molecule has 2 heterocycles. The third kappa shape index (κ3) is 3.34. The molecule has 0 spiro atoms. The Hall–Kier alpha value is -1.99. The van der Waals surface area contributed by atoms with Crippen molar-refractivity contribution in [3.05, 3.63) is 56.4 Å². The van der Waals surface area contributed by atoms with E-state index < -0.39 is 5.25 Å². The average molecular weight is 403 g/mol. The number of ketones is 1. The van der Waals surface area contributed by atoms with Crippen LogP contribution in [-0.4, -0.2) is 20.6 Å². The van der Waals surface area contributed by atoms with Crippen LogP contribution in [-0.2, 0) is 19.9 Å². The number of halogens is 1. The molecule has 0 saturated heterocycles. The summed E-state index contributed by atoms with van der Waals surface area (Å²) in [6.07, 6.45) is 4.23. The van der Waals surface area contributed by atoms with Crippen LogP contribution in [0.15, 0.2) is 34.2 Å². The number of nitrogens with zero attached hydrogens (tertiary/aromatic N) is 2. The predicted octanol–water partition coefficient (Wildman–Crippen LogP) is 4.38. The van der Waals surface area contributed by atoms with Crippen LogP contribution in [0, 0.1) is 5.82 Å². The summed E-state index contributed by atoms with van der Waals surface area (Å²) < 4.78 is 14.6. The number of hydrogen-bond donors (Lipinski definition) is 0. The molecule has 140 valence electrons. The molecule has 1 aromatic carbocycles. The highest BCUT2D eigenvalue weighted by atomic mass is 32.2. The number of carbonyl (C=O) groups is 1. The maximum atomic E-state index is 13.1. The Kier molecular flexibility index (Phi) is 4.90. The van der Waals surface area contributed by atoms with Crippen molar-refractivity contribution in [3.8, 4) is 0 Å². The summed E-state index contributed by atoms with van der Waals surface area (Å²) in [7, 11) is 1.71. The van der Waals surface area contributed by atoms with Gasteiger partial charge in [-0.15, -0.1) is 11.3 Å². The second-order valence-electron chi connectivity index (χ2n) is 6.78. The number of thioether (sulfide) groups is 1. The van der Waals surface area contributed by atoms with Crippen LogP contribution in [0.3, 0.4) is 0 Å². The van der Waals surface area contributed by atoms with Crippen molar-refractivity contribution in [1.82, 2.24) is 9.55 Å². The van der Waals surface area contributed by atoms with E-state index in [4.69, 9.17) is 4.98 Å². The lowest BCUT2D eigenvalue weighted by molar-refractivity contribution is 0.0994. The molecule has 2 aromatic heterocycles. The molecule has 1 aliphatic rings. The highest BCUT2D eigenvalue weighted by molar-refractivity contribution is 8.00. The molecule has 0 N–H and O–H groups in total. The Balaban J connectivity index is 1.67. The second kappa shape index (κ2) is 7.20. The van der Waals surface area contributed by atoms with Crippen molar-refractivity contribution >= 4 is 39.1 Å². The van der Waals surface area contributed by atoms with Gasteiger partial charge in [-0.25, -0.2) is 9.37 Å². The minimum atomic E-state index is -0.430. The largest absolute Gasteiger partial charge is 0.293 e. The topological polar surface area (TPSA) is 52.0 Å². The van der Waals surface area contributed by atoms with Gasteiger partial charge >= 0.3 is 0 Å². The zero-order valence-corrected chi connectivity index (χ0v) is 16.8. The number of hydrogen-bond acceptors (Lipinski definition) is 5. The Morgan fingerprint density at radius 3 is 2.70 bits per heavy atom. The second-order valence-corrected chi connectivity index (χ2v) is 9.17. The quantitative estimate of drug-likeness (QED) is 0.369. The van der Waals surface area contributed by atoms with E-state index in [1.54, 1.807) is 29.9 Å². The molecule has 0 saturated carbocycles. The number of carbonyl (C=O) groups excluding carboxylic acids is 1. The summed E-state index contributed by atoms with van der Waals surface area (Å²) >= 11 is 2.87. The summed E-state index contributed by atoms with van der Waals surface area (Å²) in [6, 6.07) is 5.52. The van der Waals surface area contributed by atoms with Crippen LogP contribution in [0.5, 0.6) is 0 Å². The molecule has 0 amide bonds. The molecule has 4 nitrogen and oxygen atoms in total. The predicted molar refractivity (Wildman–Crippen MR) is 108 cm³/mol. The molecule has 1 atom stereocenters. The third-order valence-corrected chi connectivity index (χ3v) is 7.26. The van der Waals surface area contributed by atoms with Gasteiger partial charge in [-0.05, 0) is 62.4 Å². The van der Waals surface area contributed by atoms with Crippen molar-refractivity contribution in [3.63, 3.8) is 0 Å². The minimum Gasteiger partial charge on any atom is -0.293 e. The van der Waals surface area contributed by atoms with Gasteiger partial charge in [0.1, 0.15) is 10.6 Å². The Bertz CT molecular complexity index is 1090. The van der Waals surface area contributed by atoms with E-state index in [9.17, 15) is 14.0 Å². The first-order valence-corrected chi connectivity index (χ1v) is 10.6. The first kappa shape index (κ1) is 18.4. The van der Waals surface area contributed by atoms with Gasteiger partial charge in [0.05, 0.1) is 10.6 Å². The molecule has 7 heteroatoms. The maximum Gasteiger partial charge on any atom is 0.262 e. The van der Waals surface area contributed by atoms with Gasteiger partial charge < -0.3 is 0 Å². The maximum absolute atomic E-state index is 13.1. The average Bonchev–Trinajstić information content (AvgIpc) is 3.04. The van der Waals surface area contributed by atoms with Crippen molar-refractivity contribution in [1.29, 1.82) is 0 Å². The Morgan fingerprint density at radius 1 is 1.26 bits per heavy atom. The zero-order chi connectivity index (χ0) is 19.1. The van der Waals surface area contributed by atoms with Crippen molar-refractivity contribution in [2.75, 3.05) is 0 Å². The number of Topliss-reactive ketones (excluding diaryl/α,β-unsaturated/α-hetero) is 1. The molecule has 0 fully saturated rings. The molecule has 0 aliphatic heterocycles.